The van der Waals surface area contributed by atoms with Crippen molar-refractivity contribution in [3.63, 3.8) is 0 Å². The Bertz CT molecular complexity index is 577. The highest BCUT2D eigenvalue weighted by molar-refractivity contribution is 5.82. The Labute approximate surface area is 125 Å². The van der Waals surface area contributed by atoms with E-state index < -0.39 is 0 Å². The summed E-state index contributed by atoms with van der Waals surface area (Å²) in [5.74, 6) is 1.37. The number of hydrogen-bond acceptors (Lipinski definition) is 3. The topological polar surface area (TPSA) is 37.2 Å². The second-order valence-corrected chi connectivity index (χ2v) is 5.92. The zero-order chi connectivity index (χ0) is 15.2. The first-order valence-electron chi connectivity index (χ1n) is 7.67. The molecule has 116 valence electrons. The molecule has 0 radical (unpaired) electrons. The molecule has 1 heterocycles. The van der Waals surface area contributed by atoms with E-state index in [0.717, 1.165) is 48.3 Å². The summed E-state index contributed by atoms with van der Waals surface area (Å²) in [7, 11) is 0. The van der Waals surface area contributed by atoms with Gasteiger partial charge < -0.3 is 15.1 Å². The molecule has 2 N–H and O–H groups in total. The zero-order valence-corrected chi connectivity index (χ0v) is 13.1. The number of aryl methyl sites for hydroxylation is 1. The summed E-state index contributed by atoms with van der Waals surface area (Å²) in [5.41, 5.74) is 1.78. The van der Waals surface area contributed by atoms with Gasteiger partial charge in [0, 0.05) is 5.39 Å². The third kappa shape index (κ3) is 4.55. The van der Waals surface area contributed by atoms with Crippen LogP contribution in [0.15, 0.2) is 22.6 Å². The Hall–Kier alpha value is -1.39. The molecule has 0 saturated carbocycles. The van der Waals surface area contributed by atoms with Crippen molar-refractivity contribution >= 4 is 11.0 Å². The number of benzene rings is 1. The molecule has 0 aliphatic heterocycles. The van der Waals surface area contributed by atoms with Crippen LogP contribution in [0.4, 0.5) is 4.39 Å². The lowest BCUT2D eigenvalue weighted by Gasteiger charge is -2.07. The molecule has 0 bridgehead atoms. The van der Waals surface area contributed by atoms with Gasteiger partial charge in [-0.15, -0.1) is 0 Å². The monoisotopic (exact) mass is 292 g/mol. The van der Waals surface area contributed by atoms with Gasteiger partial charge in [0.1, 0.15) is 17.2 Å². The molecule has 1 aromatic heterocycles. The smallest absolute Gasteiger partial charge is 0.134 e. The molecular formula is C17H25FN2O. The number of hydrogen-bond donors (Lipinski definition) is 2. The molecule has 4 heteroatoms. The third-order valence-corrected chi connectivity index (χ3v) is 3.54. The summed E-state index contributed by atoms with van der Waals surface area (Å²) < 4.78 is 19.0. The van der Waals surface area contributed by atoms with Crippen molar-refractivity contribution in [3.05, 3.63) is 35.3 Å². The van der Waals surface area contributed by atoms with Crippen LogP contribution in [0.25, 0.3) is 11.0 Å². The van der Waals surface area contributed by atoms with Crippen molar-refractivity contribution in [1.82, 2.24) is 10.6 Å². The van der Waals surface area contributed by atoms with Gasteiger partial charge in [0.25, 0.3) is 0 Å². The Balaban J connectivity index is 1.77. The molecule has 0 aliphatic carbocycles. The molecular weight excluding hydrogens is 267 g/mol. The number of furan rings is 1. The minimum atomic E-state index is -0.220. The predicted octanol–water partition coefficient (Wildman–Crippen LogP) is 3.61. The molecule has 0 atom stereocenters. The van der Waals surface area contributed by atoms with E-state index in [-0.39, 0.29) is 5.82 Å². The van der Waals surface area contributed by atoms with E-state index in [0.29, 0.717) is 12.5 Å². The number of fused-ring (bicyclic) bond motifs is 1. The van der Waals surface area contributed by atoms with Gasteiger partial charge >= 0.3 is 0 Å². The highest BCUT2D eigenvalue weighted by Crippen LogP contribution is 2.25. The molecule has 0 spiro atoms. The molecule has 0 amide bonds. The fourth-order valence-electron chi connectivity index (χ4n) is 2.34. The van der Waals surface area contributed by atoms with Crippen LogP contribution in [0.2, 0.25) is 0 Å². The van der Waals surface area contributed by atoms with E-state index in [1.165, 1.54) is 12.1 Å². The SMILES string of the molecule is Cc1c(CNCCCNCC(C)C)oc2ccc(F)cc12. The standard InChI is InChI=1S/C17H25FN2O/c1-12(2)10-19-7-4-8-20-11-17-13(3)15-9-14(18)5-6-16(15)21-17/h5-6,9,12,19-20H,4,7-8,10-11H2,1-3H3. The fourth-order valence-corrected chi connectivity index (χ4v) is 2.34. The van der Waals surface area contributed by atoms with Crippen LogP contribution in [0.3, 0.4) is 0 Å². The van der Waals surface area contributed by atoms with Crippen LogP contribution >= 0.6 is 0 Å². The lowest BCUT2D eigenvalue weighted by atomic mass is 10.1. The van der Waals surface area contributed by atoms with E-state index in [1.807, 2.05) is 6.92 Å². The Morgan fingerprint density at radius 3 is 2.71 bits per heavy atom. The lowest BCUT2D eigenvalue weighted by Crippen LogP contribution is -2.24. The molecule has 0 aliphatic rings. The lowest BCUT2D eigenvalue weighted by molar-refractivity contribution is 0.494. The second-order valence-electron chi connectivity index (χ2n) is 5.92. The van der Waals surface area contributed by atoms with Gasteiger partial charge in [0.15, 0.2) is 0 Å². The van der Waals surface area contributed by atoms with Gasteiger partial charge in [-0.3, -0.25) is 0 Å². The molecule has 2 rings (SSSR count). The molecule has 21 heavy (non-hydrogen) atoms. The first-order chi connectivity index (χ1) is 10.1. The Morgan fingerprint density at radius 2 is 1.95 bits per heavy atom. The maximum Gasteiger partial charge on any atom is 0.134 e. The predicted molar refractivity (Wildman–Crippen MR) is 84.9 cm³/mol. The number of halogens is 1. The quantitative estimate of drug-likeness (QED) is 0.730. The average molecular weight is 292 g/mol. The van der Waals surface area contributed by atoms with E-state index >= 15 is 0 Å². The van der Waals surface area contributed by atoms with Crippen LogP contribution in [0, 0.1) is 18.7 Å². The first kappa shape index (κ1) is 16.0. The third-order valence-electron chi connectivity index (χ3n) is 3.54. The maximum absolute atomic E-state index is 13.2. The van der Waals surface area contributed by atoms with Gasteiger partial charge in [0.2, 0.25) is 0 Å². The minimum Gasteiger partial charge on any atom is -0.459 e. The summed E-state index contributed by atoms with van der Waals surface area (Å²) in [4.78, 5) is 0. The first-order valence-corrected chi connectivity index (χ1v) is 7.67. The molecule has 0 saturated heterocycles. The van der Waals surface area contributed by atoms with Crippen LogP contribution in [-0.4, -0.2) is 19.6 Å². The summed E-state index contributed by atoms with van der Waals surface area (Å²) in [6.07, 6.45) is 1.08. The molecule has 2 aromatic rings. The maximum atomic E-state index is 13.2. The van der Waals surface area contributed by atoms with Crippen LogP contribution in [0.1, 0.15) is 31.6 Å². The molecule has 0 fully saturated rings. The van der Waals surface area contributed by atoms with E-state index in [4.69, 9.17) is 4.42 Å². The van der Waals surface area contributed by atoms with Crippen molar-refractivity contribution in [2.24, 2.45) is 5.92 Å². The fraction of sp³-hybridized carbons (Fsp3) is 0.529. The highest BCUT2D eigenvalue weighted by atomic mass is 19.1. The van der Waals surface area contributed by atoms with Gasteiger partial charge in [-0.25, -0.2) is 4.39 Å². The normalized spacial score (nSPS) is 11.7. The van der Waals surface area contributed by atoms with Gasteiger partial charge in [0.05, 0.1) is 6.54 Å². The zero-order valence-electron chi connectivity index (χ0n) is 13.1. The van der Waals surface area contributed by atoms with Crippen molar-refractivity contribution in [2.45, 2.75) is 33.7 Å². The Kier molecular flexibility index (Phi) is 5.76. The van der Waals surface area contributed by atoms with Crippen LogP contribution in [0.5, 0.6) is 0 Å². The second kappa shape index (κ2) is 7.57. The van der Waals surface area contributed by atoms with E-state index in [9.17, 15) is 4.39 Å². The Morgan fingerprint density at radius 1 is 1.19 bits per heavy atom. The van der Waals surface area contributed by atoms with Crippen molar-refractivity contribution in [1.29, 1.82) is 0 Å². The number of nitrogens with one attached hydrogen (secondary N) is 2. The van der Waals surface area contributed by atoms with E-state index in [2.05, 4.69) is 24.5 Å². The van der Waals surface area contributed by atoms with Crippen molar-refractivity contribution in [3.8, 4) is 0 Å². The highest BCUT2D eigenvalue weighted by Gasteiger charge is 2.10. The molecule has 3 nitrogen and oxygen atoms in total. The minimum absolute atomic E-state index is 0.220. The van der Waals surface area contributed by atoms with Gasteiger partial charge in [-0.05, 0) is 62.7 Å². The van der Waals surface area contributed by atoms with Gasteiger partial charge in [-0.1, -0.05) is 13.8 Å². The van der Waals surface area contributed by atoms with E-state index in [1.54, 1.807) is 6.07 Å². The summed E-state index contributed by atoms with van der Waals surface area (Å²) in [6, 6.07) is 4.66. The molecule has 1 aromatic carbocycles. The van der Waals surface area contributed by atoms with Crippen LogP contribution in [-0.2, 0) is 6.54 Å². The van der Waals surface area contributed by atoms with Gasteiger partial charge in [-0.2, -0.15) is 0 Å². The summed E-state index contributed by atoms with van der Waals surface area (Å²) in [5, 5.41) is 7.66. The summed E-state index contributed by atoms with van der Waals surface area (Å²) >= 11 is 0. The largest absolute Gasteiger partial charge is 0.459 e. The molecule has 0 unspecified atom stereocenters. The summed E-state index contributed by atoms with van der Waals surface area (Å²) in [6.45, 7) is 10.1. The van der Waals surface area contributed by atoms with Crippen molar-refractivity contribution < 1.29 is 8.81 Å². The average Bonchev–Trinajstić information content (AvgIpc) is 2.74. The van der Waals surface area contributed by atoms with Crippen LogP contribution < -0.4 is 10.6 Å². The van der Waals surface area contributed by atoms with Crippen molar-refractivity contribution in [2.75, 3.05) is 19.6 Å². The number of rotatable bonds is 8.